The van der Waals surface area contributed by atoms with Crippen molar-refractivity contribution in [2.24, 2.45) is 0 Å². The monoisotopic (exact) mass is 345 g/mol. The second-order valence-corrected chi connectivity index (χ2v) is 5.44. The molecular formula is C14H20BrNO4. The SMILES string of the molecule is COc1cc(CO)cc(Br)c1OCCC(=O)NC(C)C. The van der Waals surface area contributed by atoms with Gasteiger partial charge in [-0.3, -0.25) is 4.79 Å². The van der Waals surface area contributed by atoms with Crippen LogP contribution in [0.1, 0.15) is 25.8 Å². The lowest BCUT2D eigenvalue weighted by molar-refractivity contribution is -0.122. The number of carbonyl (C=O) groups excluding carboxylic acids is 1. The molecule has 0 aromatic heterocycles. The van der Waals surface area contributed by atoms with E-state index in [1.807, 2.05) is 13.8 Å². The summed E-state index contributed by atoms with van der Waals surface area (Å²) in [5.74, 6) is 0.997. The number of methoxy groups -OCH3 is 1. The predicted octanol–water partition coefficient (Wildman–Crippen LogP) is 2.24. The zero-order valence-corrected chi connectivity index (χ0v) is 13.5. The number of nitrogens with one attached hydrogen (secondary N) is 1. The third-order valence-corrected chi connectivity index (χ3v) is 3.09. The van der Waals surface area contributed by atoms with Crippen molar-refractivity contribution in [3.8, 4) is 11.5 Å². The van der Waals surface area contributed by atoms with Gasteiger partial charge in [0, 0.05) is 6.04 Å². The Labute approximate surface area is 127 Å². The summed E-state index contributed by atoms with van der Waals surface area (Å²) in [5.41, 5.74) is 0.721. The molecule has 1 aromatic rings. The van der Waals surface area contributed by atoms with Crippen LogP contribution in [-0.4, -0.2) is 30.8 Å². The number of halogens is 1. The van der Waals surface area contributed by atoms with E-state index in [0.29, 0.717) is 16.0 Å². The Morgan fingerprint density at radius 2 is 2.15 bits per heavy atom. The summed E-state index contributed by atoms with van der Waals surface area (Å²) in [6.45, 7) is 4.00. The fraction of sp³-hybridized carbons (Fsp3) is 0.500. The number of hydrogen-bond donors (Lipinski definition) is 2. The summed E-state index contributed by atoms with van der Waals surface area (Å²) in [6, 6.07) is 3.58. The lowest BCUT2D eigenvalue weighted by Gasteiger charge is -2.14. The van der Waals surface area contributed by atoms with Gasteiger partial charge in [-0.2, -0.15) is 0 Å². The van der Waals surface area contributed by atoms with Crippen LogP contribution in [0, 0.1) is 0 Å². The second-order valence-electron chi connectivity index (χ2n) is 4.59. The molecule has 0 aliphatic heterocycles. The van der Waals surface area contributed by atoms with Gasteiger partial charge in [0.1, 0.15) is 0 Å². The second kappa shape index (κ2) is 8.11. The molecule has 0 radical (unpaired) electrons. The van der Waals surface area contributed by atoms with Crippen molar-refractivity contribution in [3.05, 3.63) is 22.2 Å². The first kappa shape index (κ1) is 16.8. The summed E-state index contributed by atoms with van der Waals surface area (Å²) in [4.78, 5) is 11.5. The van der Waals surface area contributed by atoms with E-state index in [1.54, 1.807) is 12.1 Å². The molecule has 0 fully saturated rings. The fourth-order valence-electron chi connectivity index (χ4n) is 1.64. The molecule has 0 aliphatic carbocycles. The van der Waals surface area contributed by atoms with Gasteiger partial charge in [-0.1, -0.05) is 0 Å². The van der Waals surface area contributed by atoms with Crippen LogP contribution in [0.15, 0.2) is 16.6 Å². The van der Waals surface area contributed by atoms with E-state index >= 15 is 0 Å². The fourth-order valence-corrected chi connectivity index (χ4v) is 2.25. The highest BCUT2D eigenvalue weighted by molar-refractivity contribution is 9.10. The van der Waals surface area contributed by atoms with E-state index in [4.69, 9.17) is 14.6 Å². The number of amides is 1. The third kappa shape index (κ3) is 5.02. The van der Waals surface area contributed by atoms with Crippen molar-refractivity contribution in [1.29, 1.82) is 0 Å². The van der Waals surface area contributed by atoms with E-state index in [-0.39, 0.29) is 31.6 Å². The van der Waals surface area contributed by atoms with Crippen molar-refractivity contribution >= 4 is 21.8 Å². The number of aliphatic hydroxyl groups excluding tert-OH is 1. The average molecular weight is 346 g/mol. The average Bonchev–Trinajstić information content (AvgIpc) is 2.39. The van der Waals surface area contributed by atoms with Gasteiger partial charge in [-0.25, -0.2) is 0 Å². The van der Waals surface area contributed by atoms with E-state index in [2.05, 4.69) is 21.2 Å². The highest BCUT2D eigenvalue weighted by Gasteiger charge is 2.12. The van der Waals surface area contributed by atoms with Crippen molar-refractivity contribution in [2.45, 2.75) is 32.9 Å². The molecule has 1 rings (SSSR count). The molecule has 0 unspecified atom stereocenters. The van der Waals surface area contributed by atoms with Crippen molar-refractivity contribution in [1.82, 2.24) is 5.32 Å². The Morgan fingerprint density at radius 1 is 1.45 bits per heavy atom. The molecular weight excluding hydrogens is 326 g/mol. The van der Waals surface area contributed by atoms with Crippen LogP contribution in [0.25, 0.3) is 0 Å². The van der Waals surface area contributed by atoms with E-state index in [9.17, 15) is 4.79 Å². The van der Waals surface area contributed by atoms with Gasteiger partial charge in [0.05, 0.1) is 31.2 Å². The topological polar surface area (TPSA) is 67.8 Å². The quantitative estimate of drug-likeness (QED) is 0.795. The van der Waals surface area contributed by atoms with Gasteiger partial charge in [0.2, 0.25) is 5.91 Å². The van der Waals surface area contributed by atoms with Gasteiger partial charge in [-0.15, -0.1) is 0 Å². The van der Waals surface area contributed by atoms with Crippen LogP contribution < -0.4 is 14.8 Å². The number of benzene rings is 1. The summed E-state index contributed by atoms with van der Waals surface area (Å²) in [7, 11) is 1.53. The molecule has 0 bridgehead atoms. The lowest BCUT2D eigenvalue weighted by atomic mass is 10.2. The number of ether oxygens (including phenoxy) is 2. The standard InChI is InChI=1S/C14H20BrNO4/c1-9(2)16-13(18)4-5-20-14-11(15)6-10(8-17)7-12(14)19-3/h6-7,9,17H,4-5,8H2,1-3H3,(H,16,18). The number of carbonyl (C=O) groups is 1. The first-order valence-electron chi connectivity index (χ1n) is 6.37. The van der Waals surface area contributed by atoms with E-state index in [1.165, 1.54) is 7.11 Å². The van der Waals surface area contributed by atoms with Crippen LogP contribution in [0.3, 0.4) is 0 Å². The van der Waals surface area contributed by atoms with Gasteiger partial charge < -0.3 is 19.9 Å². The van der Waals surface area contributed by atoms with E-state index in [0.717, 1.165) is 5.56 Å². The summed E-state index contributed by atoms with van der Waals surface area (Å²) in [6.07, 6.45) is 0.273. The Bertz CT molecular complexity index is 463. The van der Waals surface area contributed by atoms with E-state index < -0.39 is 0 Å². The minimum Gasteiger partial charge on any atom is -0.493 e. The maximum absolute atomic E-state index is 11.5. The summed E-state index contributed by atoms with van der Waals surface area (Å²) < 4.78 is 11.5. The minimum absolute atomic E-state index is 0.0536. The maximum Gasteiger partial charge on any atom is 0.223 e. The largest absolute Gasteiger partial charge is 0.493 e. The van der Waals surface area contributed by atoms with Crippen LogP contribution in [0.5, 0.6) is 11.5 Å². The number of aliphatic hydroxyl groups is 1. The molecule has 0 heterocycles. The molecule has 1 amide bonds. The maximum atomic E-state index is 11.5. The van der Waals surface area contributed by atoms with Gasteiger partial charge in [0.15, 0.2) is 11.5 Å². The van der Waals surface area contributed by atoms with Crippen LogP contribution in [-0.2, 0) is 11.4 Å². The molecule has 1 aromatic carbocycles. The molecule has 0 saturated carbocycles. The lowest BCUT2D eigenvalue weighted by Crippen LogP contribution is -2.31. The molecule has 112 valence electrons. The first-order valence-corrected chi connectivity index (χ1v) is 7.16. The highest BCUT2D eigenvalue weighted by Crippen LogP contribution is 2.36. The predicted molar refractivity (Wildman–Crippen MR) is 80.0 cm³/mol. The van der Waals surface area contributed by atoms with Crippen LogP contribution in [0.4, 0.5) is 0 Å². The molecule has 5 nitrogen and oxygen atoms in total. The first-order chi connectivity index (χ1) is 9.47. The Kier molecular flexibility index (Phi) is 6.81. The van der Waals surface area contributed by atoms with Crippen LogP contribution in [0.2, 0.25) is 0 Å². The number of rotatable bonds is 7. The Morgan fingerprint density at radius 3 is 2.70 bits per heavy atom. The third-order valence-electron chi connectivity index (χ3n) is 2.50. The van der Waals surface area contributed by atoms with Gasteiger partial charge in [-0.05, 0) is 47.5 Å². The summed E-state index contributed by atoms with van der Waals surface area (Å²) in [5, 5.41) is 11.9. The molecule has 0 atom stereocenters. The van der Waals surface area contributed by atoms with Crippen molar-refractivity contribution < 1.29 is 19.4 Å². The Balaban J connectivity index is 2.66. The van der Waals surface area contributed by atoms with Crippen molar-refractivity contribution in [3.63, 3.8) is 0 Å². The number of hydrogen-bond acceptors (Lipinski definition) is 4. The Hall–Kier alpha value is -1.27. The van der Waals surface area contributed by atoms with Crippen molar-refractivity contribution in [2.75, 3.05) is 13.7 Å². The highest BCUT2D eigenvalue weighted by atomic mass is 79.9. The molecule has 20 heavy (non-hydrogen) atoms. The van der Waals surface area contributed by atoms with Crippen LogP contribution >= 0.6 is 15.9 Å². The molecule has 2 N–H and O–H groups in total. The molecule has 0 spiro atoms. The summed E-state index contributed by atoms with van der Waals surface area (Å²) >= 11 is 3.37. The van der Waals surface area contributed by atoms with Gasteiger partial charge in [0.25, 0.3) is 0 Å². The molecule has 0 aliphatic rings. The minimum atomic E-state index is -0.0773. The smallest absolute Gasteiger partial charge is 0.223 e. The van der Waals surface area contributed by atoms with Gasteiger partial charge >= 0.3 is 0 Å². The zero-order valence-electron chi connectivity index (χ0n) is 11.9. The normalized spacial score (nSPS) is 10.5. The molecule has 0 saturated heterocycles. The molecule has 6 heteroatoms. The zero-order chi connectivity index (χ0) is 15.1.